The summed E-state index contributed by atoms with van der Waals surface area (Å²) in [7, 11) is 1.53. The number of likely N-dealkylation sites (tertiary alicyclic amines) is 1. The predicted octanol–water partition coefficient (Wildman–Crippen LogP) is 2.58. The molecule has 7 nitrogen and oxygen atoms in total. The van der Waals surface area contributed by atoms with E-state index in [1.54, 1.807) is 12.1 Å². The second-order valence-corrected chi connectivity index (χ2v) is 6.17. The topological polar surface area (TPSA) is 84.0 Å². The molecule has 128 valence electrons. The minimum Gasteiger partial charge on any atom is -0.480 e. The molecule has 7 heteroatoms. The highest BCUT2D eigenvalue weighted by Gasteiger charge is 2.31. The molecule has 1 atom stereocenters. The average molecular weight is 329 g/mol. The van der Waals surface area contributed by atoms with Gasteiger partial charge in [-0.3, -0.25) is 9.89 Å². The van der Waals surface area contributed by atoms with Crippen LogP contribution in [0.2, 0.25) is 0 Å². The van der Waals surface area contributed by atoms with Crippen LogP contribution in [0, 0.1) is 13.8 Å². The van der Waals surface area contributed by atoms with Crippen molar-refractivity contribution in [2.75, 3.05) is 13.7 Å². The number of hydrogen-bond donors (Lipinski definition) is 1. The number of aryl methyl sites for hydroxylation is 2. The van der Waals surface area contributed by atoms with E-state index in [-0.39, 0.29) is 11.9 Å². The summed E-state index contributed by atoms with van der Waals surface area (Å²) in [4.78, 5) is 15.0. The van der Waals surface area contributed by atoms with Crippen LogP contribution in [0.1, 0.15) is 59.2 Å². The van der Waals surface area contributed by atoms with Crippen LogP contribution < -0.4 is 4.74 Å². The molecule has 3 rings (SSSR count). The second kappa shape index (κ2) is 6.98. The van der Waals surface area contributed by atoms with Crippen LogP contribution >= 0.6 is 0 Å². The fourth-order valence-electron chi connectivity index (χ4n) is 3.39. The first-order valence-corrected chi connectivity index (χ1v) is 8.32. The maximum Gasteiger partial charge on any atom is 0.274 e. The van der Waals surface area contributed by atoms with E-state index in [4.69, 9.17) is 4.74 Å². The Morgan fingerprint density at radius 2 is 2.08 bits per heavy atom. The van der Waals surface area contributed by atoms with E-state index in [0.717, 1.165) is 49.2 Å². The van der Waals surface area contributed by atoms with Gasteiger partial charge >= 0.3 is 0 Å². The molecule has 0 aliphatic carbocycles. The van der Waals surface area contributed by atoms with Crippen molar-refractivity contribution in [3.63, 3.8) is 0 Å². The molecule has 2 aromatic heterocycles. The molecule has 0 saturated carbocycles. The molecule has 3 heterocycles. The van der Waals surface area contributed by atoms with Crippen LogP contribution in [0.25, 0.3) is 0 Å². The molecule has 1 fully saturated rings. The zero-order chi connectivity index (χ0) is 17.1. The zero-order valence-corrected chi connectivity index (χ0v) is 14.4. The van der Waals surface area contributed by atoms with Crippen molar-refractivity contribution in [1.82, 2.24) is 25.3 Å². The van der Waals surface area contributed by atoms with E-state index in [2.05, 4.69) is 20.4 Å². The Hall–Kier alpha value is -2.44. The van der Waals surface area contributed by atoms with Crippen LogP contribution in [0.15, 0.2) is 12.1 Å². The second-order valence-electron chi connectivity index (χ2n) is 6.17. The third-order valence-electron chi connectivity index (χ3n) is 4.60. The summed E-state index contributed by atoms with van der Waals surface area (Å²) < 4.78 is 5.01. The Labute approximate surface area is 141 Å². The van der Waals surface area contributed by atoms with Crippen molar-refractivity contribution >= 4 is 5.91 Å². The van der Waals surface area contributed by atoms with E-state index < -0.39 is 0 Å². The van der Waals surface area contributed by atoms with Gasteiger partial charge in [-0.15, -0.1) is 10.2 Å². The van der Waals surface area contributed by atoms with Crippen LogP contribution in [0.5, 0.6) is 5.88 Å². The Bertz CT molecular complexity index is 691. The summed E-state index contributed by atoms with van der Waals surface area (Å²) in [6, 6.07) is 3.37. The molecule has 1 N–H and O–H groups in total. The summed E-state index contributed by atoms with van der Waals surface area (Å²) in [6.45, 7) is 4.72. The predicted molar refractivity (Wildman–Crippen MR) is 88.9 cm³/mol. The zero-order valence-electron chi connectivity index (χ0n) is 14.4. The summed E-state index contributed by atoms with van der Waals surface area (Å²) in [5.74, 6) is 0.317. The number of aromatic nitrogens is 4. The molecule has 2 aromatic rings. The van der Waals surface area contributed by atoms with Gasteiger partial charge in [0.25, 0.3) is 5.91 Å². The standard InChI is InChI=1S/C17H23N5O2/c1-11-16(12(2)19-18-11)14-7-5-4-6-10-22(14)17(23)13-8-9-15(24-3)21-20-13/h8-9,14H,4-7,10H2,1-3H3,(H,18,19)/t14-/m1/s1. The van der Waals surface area contributed by atoms with Gasteiger partial charge in [0.2, 0.25) is 5.88 Å². The van der Waals surface area contributed by atoms with Gasteiger partial charge in [0, 0.05) is 23.9 Å². The van der Waals surface area contributed by atoms with Crippen molar-refractivity contribution in [3.8, 4) is 5.88 Å². The normalized spacial score (nSPS) is 18.3. The average Bonchev–Trinajstić information content (AvgIpc) is 2.80. The number of methoxy groups -OCH3 is 1. The first-order valence-electron chi connectivity index (χ1n) is 8.32. The lowest BCUT2D eigenvalue weighted by atomic mass is 9.98. The van der Waals surface area contributed by atoms with Crippen LogP contribution in [-0.2, 0) is 0 Å². The summed E-state index contributed by atoms with van der Waals surface area (Å²) in [5.41, 5.74) is 3.46. The number of rotatable bonds is 3. The minimum absolute atomic E-state index is 0.0302. The lowest BCUT2D eigenvalue weighted by molar-refractivity contribution is 0.0672. The van der Waals surface area contributed by atoms with Gasteiger partial charge in [-0.1, -0.05) is 12.8 Å². The fourth-order valence-corrected chi connectivity index (χ4v) is 3.39. The Balaban J connectivity index is 1.93. The molecule has 0 radical (unpaired) electrons. The lowest BCUT2D eigenvalue weighted by Gasteiger charge is -2.30. The number of nitrogens with zero attached hydrogens (tertiary/aromatic N) is 4. The van der Waals surface area contributed by atoms with E-state index in [1.807, 2.05) is 18.7 Å². The van der Waals surface area contributed by atoms with Gasteiger partial charge < -0.3 is 9.64 Å². The van der Waals surface area contributed by atoms with Crippen LogP contribution in [0.4, 0.5) is 0 Å². The van der Waals surface area contributed by atoms with E-state index in [1.165, 1.54) is 7.11 Å². The Morgan fingerprint density at radius 3 is 2.71 bits per heavy atom. The summed E-state index contributed by atoms with van der Waals surface area (Å²) in [5, 5.41) is 15.3. The molecule has 0 unspecified atom stereocenters. The molecule has 0 spiro atoms. The largest absolute Gasteiger partial charge is 0.480 e. The number of hydrogen-bond acceptors (Lipinski definition) is 5. The summed E-state index contributed by atoms with van der Waals surface area (Å²) >= 11 is 0. The van der Waals surface area contributed by atoms with Crippen LogP contribution in [0.3, 0.4) is 0 Å². The number of carbonyl (C=O) groups excluding carboxylic acids is 1. The molecule has 0 aromatic carbocycles. The van der Waals surface area contributed by atoms with Gasteiger partial charge in [0.1, 0.15) is 0 Å². The highest BCUT2D eigenvalue weighted by atomic mass is 16.5. The van der Waals surface area contributed by atoms with Crippen molar-refractivity contribution < 1.29 is 9.53 Å². The first kappa shape index (κ1) is 16.4. The molecule has 1 aliphatic rings. The van der Waals surface area contributed by atoms with E-state index in [0.29, 0.717) is 11.6 Å². The third-order valence-corrected chi connectivity index (χ3v) is 4.60. The van der Waals surface area contributed by atoms with Gasteiger partial charge in [-0.05, 0) is 32.8 Å². The molecular weight excluding hydrogens is 306 g/mol. The SMILES string of the molecule is COc1ccc(C(=O)N2CCCCC[C@@H]2c2c(C)n[nH]c2C)nn1. The lowest BCUT2D eigenvalue weighted by Crippen LogP contribution is -2.36. The number of ether oxygens (including phenoxy) is 1. The number of H-pyrrole nitrogens is 1. The maximum absolute atomic E-state index is 13.0. The summed E-state index contributed by atoms with van der Waals surface area (Å²) in [6.07, 6.45) is 4.18. The van der Waals surface area contributed by atoms with Crippen molar-refractivity contribution in [1.29, 1.82) is 0 Å². The van der Waals surface area contributed by atoms with E-state index >= 15 is 0 Å². The number of amides is 1. The monoisotopic (exact) mass is 329 g/mol. The van der Waals surface area contributed by atoms with Crippen molar-refractivity contribution in [2.45, 2.75) is 45.6 Å². The quantitative estimate of drug-likeness (QED) is 0.935. The van der Waals surface area contributed by atoms with Crippen LogP contribution in [-0.4, -0.2) is 44.9 Å². The highest BCUT2D eigenvalue weighted by Crippen LogP contribution is 2.34. The van der Waals surface area contributed by atoms with Gasteiger partial charge in [-0.2, -0.15) is 5.10 Å². The Morgan fingerprint density at radius 1 is 1.25 bits per heavy atom. The van der Waals surface area contributed by atoms with Crippen molar-refractivity contribution in [3.05, 3.63) is 34.8 Å². The molecule has 1 amide bonds. The number of carbonyl (C=O) groups is 1. The Kier molecular flexibility index (Phi) is 4.78. The molecule has 0 bridgehead atoms. The number of aromatic amines is 1. The maximum atomic E-state index is 13.0. The fraction of sp³-hybridized carbons (Fsp3) is 0.529. The molecule has 1 saturated heterocycles. The van der Waals surface area contributed by atoms with Gasteiger partial charge in [-0.25, -0.2) is 0 Å². The number of nitrogens with one attached hydrogen (secondary N) is 1. The molecular formula is C17H23N5O2. The van der Waals surface area contributed by atoms with Gasteiger partial charge in [0.05, 0.1) is 18.8 Å². The highest BCUT2D eigenvalue weighted by molar-refractivity contribution is 5.92. The first-order chi connectivity index (χ1) is 11.6. The molecule has 1 aliphatic heterocycles. The smallest absolute Gasteiger partial charge is 0.274 e. The van der Waals surface area contributed by atoms with E-state index in [9.17, 15) is 4.79 Å². The minimum atomic E-state index is -0.0861. The molecule has 24 heavy (non-hydrogen) atoms. The third kappa shape index (κ3) is 3.11. The van der Waals surface area contributed by atoms with Gasteiger partial charge in [0.15, 0.2) is 5.69 Å². The van der Waals surface area contributed by atoms with Crippen molar-refractivity contribution in [2.24, 2.45) is 0 Å².